The van der Waals surface area contributed by atoms with E-state index in [1.165, 1.54) is 16.7 Å². The van der Waals surface area contributed by atoms with Crippen molar-refractivity contribution >= 4 is 67.3 Å². The van der Waals surface area contributed by atoms with E-state index in [9.17, 15) is 9.59 Å². The molecule has 0 saturated carbocycles. The Kier molecular flexibility index (Phi) is 26.4. The lowest BCUT2D eigenvalue weighted by Gasteiger charge is -2.32. The molecule has 5 unspecified atom stereocenters. The summed E-state index contributed by atoms with van der Waals surface area (Å²) in [7, 11) is 0. The van der Waals surface area contributed by atoms with Crippen molar-refractivity contribution in [1.82, 2.24) is 0 Å². The number of amides is 2. The van der Waals surface area contributed by atoms with E-state index in [2.05, 4.69) is 151 Å². The first-order valence-electron chi connectivity index (χ1n) is 30.7. The predicted octanol–water partition coefficient (Wildman–Crippen LogP) is 19.2. The van der Waals surface area contributed by atoms with Crippen LogP contribution in [0, 0.1) is 13.8 Å². The summed E-state index contributed by atoms with van der Waals surface area (Å²) in [5, 5.41) is 6.25. The van der Waals surface area contributed by atoms with Crippen LogP contribution in [0.1, 0.15) is 144 Å². The number of hydrogen-bond acceptors (Lipinski definition) is 10. The highest BCUT2D eigenvalue weighted by Crippen LogP contribution is 2.39. The molecule has 0 radical (unpaired) electrons. The standard InChI is InChI=1S/C31H35NO4.C23H27NO4.C21H25NO.2H3P/c1-5-18-31(4)19-17-26-20-27(13-16-29(26)36-31)32(21-24-9-7-23(3)8-10-24)30(33)35-22-25-11-14-28(15-12-25)34-6-2;1-4-13-23(3)14-12-18-15-19(8-11-21(18)28-23)24-22(25)27-16-17-6-9-20(10-7-17)26-5-2;1-4-12-21(3)13-11-18-14-19(9-10-20(18)23-21)22-15-17-7-5-16(2)6-8-17;;/h7-17,19-20H,5-6,18,21-22H2,1-4H3;6-12,14-15H,4-5,13,16H2,1-3H3,(H,24,25);5-11,13-14,22H,4,12,15H2,1-3H3;2*1H3. The van der Waals surface area contributed by atoms with E-state index in [1.807, 2.05) is 117 Å². The Morgan fingerprint density at radius 1 is 0.472 bits per heavy atom. The second kappa shape index (κ2) is 33.5. The van der Waals surface area contributed by atoms with Crippen molar-refractivity contribution in [3.8, 4) is 28.7 Å². The Balaban J connectivity index is 0.000000216. The number of benzene rings is 7. The molecule has 3 heterocycles. The van der Waals surface area contributed by atoms with E-state index in [1.54, 1.807) is 4.90 Å². The molecule has 2 amide bonds. The topological polar surface area (TPSA) is 126 Å². The molecule has 3 aliphatic rings. The fraction of sp³-hybridized carbons (Fsp3) is 0.333. The molecule has 89 heavy (non-hydrogen) atoms. The smallest absolute Gasteiger partial charge is 0.414 e. The van der Waals surface area contributed by atoms with Crippen molar-refractivity contribution in [1.29, 1.82) is 0 Å². The van der Waals surface area contributed by atoms with E-state index < -0.39 is 12.2 Å². The molecule has 7 aromatic rings. The molecule has 472 valence electrons. The Morgan fingerprint density at radius 3 is 1.34 bits per heavy atom. The van der Waals surface area contributed by atoms with Crippen molar-refractivity contribution in [3.05, 3.63) is 220 Å². The van der Waals surface area contributed by atoms with E-state index in [4.69, 9.17) is 33.2 Å². The van der Waals surface area contributed by atoms with Gasteiger partial charge in [-0.3, -0.25) is 10.2 Å². The van der Waals surface area contributed by atoms with E-state index in [0.29, 0.717) is 25.4 Å². The van der Waals surface area contributed by atoms with Crippen molar-refractivity contribution in [3.63, 3.8) is 0 Å². The number of hydrogen-bond donors (Lipinski definition) is 2. The van der Waals surface area contributed by atoms with Crippen LogP contribution >= 0.6 is 19.8 Å². The molecule has 0 bridgehead atoms. The minimum atomic E-state index is -0.495. The van der Waals surface area contributed by atoms with Gasteiger partial charge in [0.2, 0.25) is 0 Å². The third-order valence-corrected chi connectivity index (χ3v) is 15.2. The molecule has 0 aromatic heterocycles. The van der Waals surface area contributed by atoms with Crippen LogP contribution in [-0.2, 0) is 35.8 Å². The molecule has 7 aromatic carbocycles. The van der Waals surface area contributed by atoms with Gasteiger partial charge in [0.25, 0.3) is 0 Å². The third kappa shape index (κ3) is 20.8. The maximum atomic E-state index is 13.3. The van der Waals surface area contributed by atoms with Crippen LogP contribution in [0.15, 0.2) is 170 Å². The van der Waals surface area contributed by atoms with Crippen LogP contribution < -0.4 is 39.2 Å². The minimum absolute atomic E-state index is 0. The molecule has 2 N–H and O–H groups in total. The highest BCUT2D eigenvalue weighted by molar-refractivity contribution is 6.92. The first kappa shape index (κ1) is 70.1. The second-order valence-electron chi connectivity index (χ2n) is 23.0. The molecule has 12 nitrogen and oxygen atoms in total. The van der Waals surface area contributed by atoms with Crippen LogP contribution in [0.3, 0.4) is 0 Å². The summed E-state index contributed by atoms with van der Waals surface area (Å²) in [6.07, 6.45) is 17.9. The Hall–Kier alpha value is -8.04. The third-order valence-electron chi connectivity index (χ3n) is 15.2. The Labute approximate surface area is 535 Å². The number of rotatable bonds is 21. The summed E-state index contributed by atoms with van der Waals surface area (Å²) in [5.74, 6) is 4.23. The van der Waals surface area contributed by atoms with Crippen LogP contribution in [0.5, 0.6) is 28.7 Å². The number of carbonyl (C=O) groups is 2. The summed E-state index contributed by atoms with van der Waals surface area (Å²) in [6, 6.07) is 49.7. The number of aryl methyl sites for hydroxylation is 2. The van der Waals surface area contributed by atoms with Gasteiger partial charge in [0.05, 0.1) is 19.8 Å². The molecule has 10 rings (SSSR count). The first-order valence-corrected chi connectivity index (χ1v) is 30.7. The van der Waals surface area contributed by atoms with E-state index in [-0.39, 0.29) is 49.8 Å². The van der Waals surface area contributed by atoms with Gasteiger partial charge in [-0.1, -0.05) is 142 Å². The molecular weight excluding hydrogens is 1150 g/mol. The van der Waals surface area contributed by atoms with Gasteiger partial charge >= 0.3 is 12.2 Å². The van der Waals surface area contributed by atoms with Gasteiger partial charge in [0.15, 0.2) is 0 Å². The normalized spacial score (nSPS) is 16.9. The highest BCUT2D eigenvalue weighted by atomic mass is 31.0. The van der Waals surface area contributed by atoms with Gasteiger partial charge in [0, 0.05) is 40.3 Å². The number of fused-ring (bicyclic) bond motifs is 3. The van der Waals surface area contributed by atoms with Crippen LogP contribution in [0.25, 0.3) is 18.2 Å². The Bertz CT molecular complexity index is 3480. The molecule has 3 aliphatic heterocycles. The van der Waals surface area contributed by atoms with Gasteiger partial charge in [-0.25, -0.2) is 9.59 Å². The molecule has 0 aliphatic carbocycles. The average molecular weight is 1240 g/mol. The van der Waals surface area contributed by atoms with Crippen molar-refractivity contribution in [2.45, 2.75) is 151 Å². The first-order chi connectivity index (χ1) is 42.0. The zero-order valence-electron chi connectivity index (χ0n) is 53.9. The van der Waals surface area contributed by atoms with Crippen LogP contribution in [0.2, 0.25) is 0 Å². The fourth-order valence-corrected chi connectivity index (χ4v) is 10.5. The van der Waals surface area contributed by atoms with Crippen molar-refractivity contribution in [2.24, 2.45) is 0 Å². The van der Waals surface area contributed by atoms with Gasteiger partial charge < -0.3 is 38.5 Å². The predicted molar refractivity (Wildman–Crippen MR) is 376 cm³/mol. The van der Waals surface area contributed by atoms with Gasteiger partial charge in [0.1, 0.15) is 58.8 Å². The highest BCUT2D eigenvalue weighted by Gasteiger charge is 2.30. The maximum Gasteiger partial charge on any atom is 0.414 e. The van der Waals surface area contributed by atoms with Crippen LogP contribution in [0.4, 0.5) is 26.7 Å². The lowest BCUT2D eigenvalue weighted by atomic mass is 9.95. The van der Waals surface area contributed by atoms with Crippen molar-refractivity contribution < 1.29 is 42.7 Å². The SMILES string of the molecule is CCCC1(C)C=Cc2cc(N(Cc3ccc(C)cc3)C(=O)OCc3ccc(OCC)cc3)ccc2O1.CCCC1(C)C=Cc2cc(NC(=O)OCc3ccc(OCC)cc3)ccc2O1.CCCC1(C)C=Cc2cc(NCc3ccc(C)cc3)ccc2O1.P.P. The van der Waals surface area contributed by atoms with Gasteiger partial charge in [-0.2, -0.15) is 19.8 Å². The number of nitrogens with zero attached hydrogens (tertiary/aromatic N) is 1. The number of carbonyl (C=O) groups excluding carboxylic acids is 2. The molecular formula is C75H93N3O9P2. The van der Waals surface area contributed by atoms with Gasteiger partial charge in [-0.15, -0.1) is 0 Å². The second-order valence-corrected chi connectivity index (χ2v) is 23.0. The molecule has 14 heteroatoms. The quantitative estimate of drug-likeness (QED) is 0.0672. The lowest BCUT2D eigenvalue weighted by molar-refractivity contribution is 0.126. The van der Waals surface area contributed by atoms with Crippen LogP contribution in [-0.4, -0.2) is 42.2 Å². The molecule has 5 atom stereocenters. The van der Waals surface area contributed by atoms with E-state index >= 15 is 0 Å². The number of anilines is 3. The monoisotopic (exact) mass is 1240 g/mol. The van der Waals surface area contributed by atoms with E-state index in [0.717, 1.165) is 119 Å². The van der Waals surface area contributed by atoms with Crippen molar-refractivity contribution in [2.75, 3.05) is 28.7 Å². The largest absolute Gasteiger partial charge is 0.494 e. The molecule has 0 fully saturated rings. The maximum absolute atomic E-state index is 13.3. The Morgan fingerprint density at radius 2 is 0.876 bits per heavy atom. The summed E-state index contributed by atoms with van der Waals surface area (Å²) >= 11 is 0. The average Bonchev–Trinajstić information content (AvgIpc) is 1.26. The lowest BCUT2D eigenvalue weighted by Crippen LogP contribution is -2.32. The zero-order chi connectivity index (χ0) is 61.8. The zero-order valence-corrected chi connectivity index (χ0v) is 56.7. The fourth-order valence-electron chi connectivity index (χ4n) is 10.5. The van der Waals surface area contributed by atoms with Gasteiger partial charge in [-0.05, 0) is 187 Å². The molecule has 0 spiro atoms. The summed E-state index contributed by atoms with van der Waals surface area (Å²) in [4.78, 5) is 27.1. The summed E-state index contributed by atoms with van der Waals surface area (Å²) < 4.78 is 40.5. The summed E-state index contributed by atoms with van der Waals surface area (Å²) in [5.41, 5.74) is 11.4. The number of ether oxygens (including phenoxy) is 7. The molecule has 0 saturated heterocycles. The number of nitrogens with one attached hydrogen (secondary N) is 2. The summed E-state index contributed by atoms with van der Waals surface area (Å²) in [6.45, 7) is 23.7. The minimum Gasteiger partial charge on any atom is -0.494 e.